The molecule has 2 atom stereocenters. The van der Waals surface area contributed by atoms with Gasteiger partial charge in [0.25, 0.3) is 0 Å². The minimum absolute atomic E-state index is 0.147. The summed E-state index contributed by atoms with van der Waals surface area (Å²) in [5, 5.41) is 5.52. The third-order valence-electron chi connectivity index (χ3n) is 6.58. The fraction of sp³-hybridized carbons (Fsp3) is 0.486. The molecule has 0 spiro atoms. The summed E-state index contributed by atoms with van der Waals surface area (Å²) in [5.41, 5.74) is 8.61. The van der Waals surface area contributed by atoms with Crippen LogP contribution in [0.5, 0.6) is 0 Å². The second-order valence-electron chi connectivity index (χ2n) is 10.3. The normalized spacial score (nSPS) is 15.0. The van der Waals surface area contributed by atoms with Crippen molar-refractivity contribution >= 4 is 36.5 Å². The number of thioether (sulfide) groups is 1. The molecule has 1 fully saturated rings. The molecule has 1 heterocycles. The Morgan fingerprint density at radius 2 is 1.54 bits per heavy atom. The van der Waals surface area contributed by atoms with E-state index in [4.69, 9.17) is 10.5 Å². The van der Waals surface area contributed by atoms with Crippen molar-refractivity contribution in [3.8, 4) is 0 Å². The quantitative estimate of drug-likeness (QED) is 0.201. The van der Waals surface area contributed by atoms with E-state index in [1.807, 2.05) is 63.4 Å². The molecule has 0 saturated carbocycles. The number of nitrogens with zero attached hydrogens (tertiary/aromatic N) is 3. The number of hydrogen-bond donors (Lipinski definition) is 3. The van der Waals surface area contributed by atoms with Gasteiger partial charge in [0, 0.05) is 50.4 Å². The van der Waals surface area contributed by atoms with E-state index >= 15 is 0 Å². The molecule has 4 amide bonds. The smallest absolute Gasteiger partial charge is 0.407 e. The van der Waals surface area contributed by atoms with Crippen molar-refractivity contribution in [3.63, 3.8) is 0 Å². The number of aryl methyl sites for hydroxylation is 2. The minimum Gasteiger partial charge on any atom is -0.444 e. The molecule has 0 aromatic heterocycles. The zero-order valence-electron chi connectivity index (χ0n) is 28.8. The number of hydrogen-bond acceptors (Lipinski definition) is 7. The SMILES string of the molecule is C=N/C=C(/COC(=O)NCCCCNC(=O)C1CC(N)CN1C(=O)N(C)CC)SC.CC.Cc1ccccc1.Cc1ccccc1. The molecule has 10 nitrogen and oxygen atoms in total. The molecule has 1 aliphatic heterocycles. The van der Waals surface area contributed by atoms with Crippen LogP contribution in [0.1, 0.15) is 51.2 Å². The second-order valence-corrected chi connectivity index (χ2v) is 11.2. The standard InChI is InChI=1S/C19H34N6O4S.2C7H8.C2H6/c1-5-24(3)19(28)25-12-14(20)10-16(25)17(26)22-8-6-7-9-23-18(27)29-13-15(30-4)11-21-2;2*1-7-5-3-2-4-6-7;1-2/h11,14,16H,2,5-10,12-13,20H2,1,3-4H3,(H,22,26)(H,23,27);2*2-6H,1H3;1-2H3/b15-11-;;;. The van der Waals surface area contributed by atoms with Crippen molar-refractivity contribution in [2.24, 2.45) is 10.7 Å². The predicted molar refractivity (Wildman–Crippen MR) is 193 cm³/mol. The second kappa shape index (κ2) is 26.4. The molecule has 46 heavy (non-hydrogen) atoms. The maximum atomic E-state index is 12.5. The third kappa shape index (κ3) is 18.9. The van der Waals surface area contributed by atoms with Crippen LogP contribution >= 0.6 is 11.8 Å². The van der Waals surface area contributed by atoms with E-state index in [0.29, 0.717) is 45.4 Å². The molecule has 3 rings (SSSR count). The van der Waals surface area contributed by atoms with Gasteiger partial charge < -0.3 is 30.9 Å². The molecule has 256 valence electrons. The van der Waals surface area contributed by atoms with Crippen LogP contribution in [0.15, 0.2) is 76.8 Å². The van der Waals surface area contributed by atoms with Crippen LogP contribution in [0.4, 0.5) is 9.59 Å². The Kier molecular flexibility index (Phi) is 24.2. The molecule has 0 radical (unpaired) electrons. The van der Waals surface area contributed by atoms with E-state index in [1.54, 1.807) is 23.0 Å². The Labute approximate surface area is 281 Å². The third-order valence-corrected chi connectivity index (χ3v) is 7.33. The molecular weight excluding hydrogens is 600 g/mol. The Hall–Kier alpha value is -3.83. The monoisotopic (exact) mass is 656 g/mol. The fourth-order valence-electron chi connectivity index (χ4n) is 3.96. The molecule has 4 N–H and O–H groups in total. The molecule has 2 aromatic rings. The van der Waals surface area contributed by atoms with Crippen molar-refractivity contribution in [3.05, 3.63) is 82.9 Å². The number of benzene rings is 2. The number of carbonyl (C=O) groups excluding carboxylic acids is 3. The molecule has 1 saturated heterocycles. The van der Waals surface area contributed by atoms with Crippen LogP contribution in [0.2, 0.25) is 0 Å². The molecular formula is C35H56N6O4S. The number of likely N-dealkylation sites (tertiary alicyclic amines) is 1. The highest BCUT2D eigenvalue weighted by molar-refractivity contribution is 8.02. The highest BCUT2D eigenvalue weighted by Crippen LogP contribution is 2.18. The molecule has 2 aromatic carbocycles. The van der Waals surface area contributed by atoms with E-state index < -0.39 is 12.1 Å². The van der Waals surface area contributed by atoms with Crippen LogP contribution < -0.4 is 16.4 Å². The van der Waals surface area contributed by atoms with Crippen molar-refractivity contribution in [2.75, 3.05) is 46.1 Å². The Balaban J connectivity index is 0.00000102. The van der Waals surface area contributed by atoms with Gasteiger partial charge in [-0.1, -0.05) is 85.6 Å². The van der Waals surface area contributed by atoms with E-state index in [0.717, 1.165) is 4.91 Å². The lowest BCUT2D eigenvalue weighted by molar-refractivity contribution is -0.124. The Bertz CT molecular complexity index is 1110. The van der Waals surface area contributed by atoms with Crippen molar-refractivity contribution in [1.82, 2.24) is 20.4 Å². The number of ether oxygens (including phenoxy) is 1. The van der Waals surface area contributed by atoms with Crippen molar-refractivity contribution < 1.29 is 19.1 Å². The average molecular weight is 657 g/mol. The number of nitrogens with two attached hydrogens (primary N) is 1. The summed E-state index contributed by atoms with van der Waals surface area (Å²) < 4.78 is 5.08. The van der Waals surface area contributed by atoms with Crippen LogP contribution in [0.3, 0.4) is 0 Å². The number of amides is 4. The molecule has 0 aliphatic carbocycles. The van der Waals surface area contributed by atoms with Crippen LogP contribution in [0, 0.1) is 13.8 Å². The van der Waals surface area contributed by atoms with E-state index in [2.05, 4.69) is 60.5 Å². The maximum Gasteiger partial charge on any atom is 0.407 e. The van der Waals surface area contributed by atoms with Crippen LogP contribution in [0.25, 0.3) is 0 Å². The number of unbranched alkanes of at least 4 members (excludes halogenated alkanes) is 1. The summed E-state index contributed by atoms with van der Waals surface area (Å²) in [6, 6.07) is 19.6. The maximum absolute atomic E-state index is 12.5. The largest absolute Gasteiger partial charge is 0.444 e. The summed E-state index contributed by atoms with van der Waals surface area (Å²) >= 11 is 1.44. The topological polar surface area (TPSA) is 129 Å². The van der Waals surface area contributed by atoms with Gasteiger partial charge in [0.05, 0.1) is 0 Å². The first-order valence-electron chi connectivity index (χ1n) is 15.8. The average Bonchev–Trinajstić information content (AvgIpc) is 3.47. The first-order chi connectivity index (χ1) is 22.1. The van der Waals surface area contributed by atoms with E-state index in [9.17, 15) is 14.4 Å². The molecule has 2 unspecified atom stereocenters. The van der Waals surface area contributed by atoms with Crippen molar-refractivity contribution in [1.29, 1.82) is 0 Å². The van der Waals surface area contributed by atoms with Gasteiger partial charge in [-0.3, -0.25) is 9.79 Å². The fourth-order valence-corrected chi connectivity index (χ4v) is 4.32. The molecule has 1 aliphatic rings. The Morgan fingerprint density at radius 3 is 1.98 bits per heavy atom. The molecule has 0 bridgehead atoms. The van der Waals surface area contributed by atoms with Crippen molar-refractivity contribution in [2.45, 2.75) is 66.0 Å². The summed E-state index contributed by atoms with van der Waals surface area (Å²) in [7, 11) is 1.70. The number of carbonyl (C=O) groups is 3. The highest BCUT2D eigenvalue weighted by Gasteiger charge is 2.38. The summed E-state index contributed by atoms with van der Waals surface area (Å²) in [6.07, 6.45) is 4.73. The lowest BCUT2D eigenvalue weighted by Crippen LogP contribution is -2.50. The number of nitrogens with one attached hydrogen (secondary N) is 2. The zero-order valence-corrected chi connectivity index (χ0v) is 29.6. The summed E-state index contributed by atoms with van der Waals surface area (Å²) in [6.45, 7) is 15.4. The number of rotatable bonds is 11. The van der Waals surface area contributed by atoms with Gasteiger partial charge in [-0.15, -0.1) is 11.8 Å². The van der Waals surface area contributed by atoms with Gasteiger partial charge in [0.15, 0.2) is 0 Å². The zero-order chi connectivity index (χ0) is 34.7. The lowest BCUT2D eigenvalue weighted by Gasteiger charge is -2.28. The van der Waals surface area contributed by atoms with Gasteiger partial charge in [-0.2, -0.15) is 0 Å². The van der Waals surface area contributed by atoms with Gasteiger partial charge in [-0.05, 0) is 53.0 Å². The number of urea groups is 1. The number of alkyl carbamates (subject to hydrolysis) is 1. The lowest BCUT2D eigenvalue weighted by atomic mass is 10.1. The first-order valence-corrected chi connectivity index (χ1v) is 17.0. The van der Waals surface area contributed by atoms with E-state index in [-0.39, 0.29) is 24.6 Å². The Morgan fingerprint density at radius 1 is 1.02 bits per heavy atom. The van der Waals surface area contributed by atoms with Crippen LogP contribution in [-0.2, 0) is 9.53 Å². The molecule has 11 heteroatoms. The van der Waals surface area contributed by atoms with Gasteiger partial charge in [0.1, 0.15) is 12.6 Å². The summed E-state index contributed by atoms with van der Waals surface area (Å²) in [4.78, 5) is 44.1. The summed E-state index contributed by atoms with van der Waals surface area (Å²) in [5.74, 6) is -0.194. The highest BCUT2D eigenvalue weighted by atomic mass is 32.2. The predicted octanol–water partition coefficient (Wildman–Crippen LogP) is 6.00. The number of aliphatic imine (C=N–C) groups is 1. The first kappa shape index (κ1) is 42.2. The van der Waals surface area contributed by atoms with Crippen LogP contribution in [-0.4, -0.2) is 92.7 Å². The van der Waals surface area contributed by atoms with Gasteiger partial charge in [-0.25, -0.2) is 9.59 Å². The van der Waals surface area contributed by atoms with Gasteiger partial charge >= 0.3 is 12.1 Å². The minimum atomic E-state index is -0.543. The van der Waals surface area contributed by atoms with Gasteiger partial charge in [0.2, 0.25) is 5.91 Å². The van der Waals surface area contributed by atoms with E-state index in [1.165, 1.54) is 22.9 Å².